The molecule has 1 heterocycles. The summed E-state index contributed by atoms with van der Waals surface area (Å²) in [5.41, 5.74) is 2.50. The Kier molecular flexibility index (Phi) is 3.07. The molecule has 2 nitrogen and oxygen atoms in total. The highest BCUT2D eigenvalue weighted by Gasteiger charge is 2.22. The van der Waals surface area contributed by atoms with Crippen molar-refractivity contribution >= 4 is 0 Å². The van der Waals surface area contributed by atoms with Crippen molar-refractivity contribution in [1.29, 1.82) is 0 Å². The molecule has 0 radical (unpaired) electrons. The molecule has 0 amide bonds. The molecule has 15 heavy (non-hydrogen) atoms. The van der Waals surface area contributed by atoms with Crippen LogP contribution in [0.1, 0.15) is 24.9 Å². The van der Waals surface area contributed by atoms with E-state index in [0.717, 1.165) is 25.3 Å². The third kappa shape index (κ3) is 2.21. The molecular formula is C13H17NO. The van der Waals surface area contributed by atoms with Crippen molar-refractivity contribution in [2.24, 2.45) is 0 Å². The van der Waals surface area contributed by atoms with E-state index in [2.05, 4.69) is 31.0 Å². The molecule has 1 unspecified atom stereocenters. The highest BCUT2D eigenvalue weighted by molar-refractivity contribution is 5.39. The van der Waals surface area contributed by atoms with Gasteiger partial charge in [-0.1, -0.05) is 37.3 Å². The minimum absolute atomic E-state index is 0.324. The zero-order chi connectivity index (χ0) is 10.7. The van der Waals surface area contributed by atoms with Crippen LogP contribution >= 0.6 is 0 Å². The van der Waals surface area contributed by atoms with Crippen LogP contribution in [0.15, 0.2) is 36.4 Å². The normalized spacial score (nSPS) is 18.3. The van der Waals surface area contributed by atoms with Crippen molar-refractivity contribution in [3.63, 3.8) is 0 Å². The second-order valence-corrected chi connectivity index (χ2v) is 3.89. The van der Waals surface area contributed by atoms with Crippen LogP contribution in [0.2, 0.25) is 0 Å². The number of para-hydroxylation sites is 1. The van der Waals surface area contributed by atoms with Gasteiger partial charge in [0.05, 0.1) is 6.04 Å². The predicted octanol–water partition coefficient (Wildman–Crippen LogP) is 2.68. The van der Waals surface area contributed by atoms with Gasteiger partial charge in [0.25, 0.3) is 0 Å². The lowest BCUT2D eigenvalue weighted by molar-refractivity contribution is 0.314. The van der Waals surface area contributed by atoms with Gasteiger partial charge in [-0.3, -0.25) is 0 Å². The van der Waals surface area contributed by atoms with Crippen LogP contribution in [0.5, 0.6) is 5.75 Å². The summed E-state index contributed by atoms with van der Waals surface area (Å²) in [6, 6.07) is 8.52. The van der Waals surface area contributed by atoms with E-state index in [-0.39, 0.29) is 0 Å². The molecule has 80 valence electrons. The maximum atomic E-state index is 5.58. The predicted molar refractivity (Wildman–Crippen MR) is 62.1 cm³/mol. The van der Waals surface area contributed by atoms with Gasteiger partial charge < -0.3 is 10.1 Å². The third-order valence-electron chi connectivity index (χ3n) is 2.80. The molecule has 1 aliphatic rings. The second kappa shape index (κ2) is 4.49. The van der Waals surface area contributed by atoms with E-state index < -0.39 is 0 Å². The molecule has 0 saturated carbocycles. The summed E-state index contributed by atoms with van der Waals surface area (Å²) in [6.45, 7) is 7.72. The largest absolute Gasteiger partial charge is 0.491 e. The van der Waals surface area contributed by atoms with Gasteiger partial charge in [0.1, 0.15) is 12.4 Å². The lowest BCUT2D eigenvalue weighted by Crippen LogP contribution is -2.24. The first-order valence-corrected chi connectivity index (χ1v) is 5.43. The molecular weight excluding hydrogens is 186 g/mol. The van der Waals surface area contributed by atoms with Gasteiger partial charge in [0, 0.05) is 12.1 Å². The standard InChI is InChI=1S/C13H17NO/c1-3-10(2)8-14-12-9-15-13-7-5-4-6-11(12)13/h4-7,12,14H,2-3,8-9H2,1H3. The Morgan fingerprint density at radius 3 is 3.13 bits per heavy atom. The van der Waals surface area contributed by atoms with Gasteiger partial charge in [0.15, 0.2) is 0 Å². The van der Waals surface area contributed by atoms with Crippen molar-refractivity contribution in [3.8, 4) is 5.75 Å². The Morgan fingerprint density at radius 1 is 1.53 bits per heavy atom. The lowest BCUT2D eigenvalue weighted by atomic mass is 10.1. The van der Waals surface area contributed by atoms with E-state index in [9.17, 15) is 0 Å². The van der Waals surface area contributed by atoms with Crippen LogP contribution in [0.25, 0.3) is 0 Å². The average Bonchev–Trinajstić information content (AvgIpc) is 2.69. The molecule has 2 rings (SSSR count). The molecule has 0 bridgehead atoms. The zero-order valence-electron chi connectivity index (χ0n) is 9.12. The van der Waals surface area contributed by atoms with Crippen molar-refractivity contribution in [1.82, 2.24) is 5.32 Å². The van der Waals surface area contributed by atoms with E-state index in [1.165, 1.54) is 11.1 Å². The van der Waals surface area contributed by atoms with Crippen LogP contribution in [-0.2, 0) is 0 Å². The Labute approximate surface area is 91.0 Å². The topological polar surface area (TPSA) is 21.3 Å². The summed E-state index contributed by atoms with van der Waals surface area (Å²) in [4.78, 5) is 0. The van der Waals surface area contributed by atoms with E-state index in [0.29, 0.717) is 6.04 Å². The number of fused-ring (bicyclic) bond motifs is 1. The average molecular weight is 203 g/mol. The van der Waals surface area contributed by atoms with Gasteiger partial charge in [-0.2, -0.15) is 0 Å². The van der Waals surface area contributed by atoms with Crippen molar-refractivity contribution in [3.05, 3.63) is 42.0 Å². The number of hydrogen-bond acceptors (Lipinski definition) is 2. The number of benzene rings is 1. The first-order chi connectivity index (χ1) is 7.31. The van der Waals surface area contributed by atoms with Gasteiger partial charge in [-0.15, -0.1) is 0 Å². The fourth-order valence-electron chi connectivity index (χ4n) is 1.72. The summed E-state index contributed by atoms with van der Waals surface area (Å²) in [5, 5.41) is 3.46. The van der Waals surface area contributed by atoms with Crippen LogP contribution in [-0.4, -0.2) is 13.2 Å². The Morgan fingerprint density at radius 2 is 2.33 bits per heavy atom. The Bertz CT molecular complexity index is 359. The van der Waals surface area contributed by atoms with Crippen molar-refractivity contribution < 1.29 is 4.74 Å². The number of rotatable bonds is 4. The van der Waals surface area contributed by atoms with E-state index >= 15 is 0 Å². The van der Waals surface area contributed by atoms with Crippen LogP contribution in [0, 0.1) is 0 Å². The second-order valence-electron chi connectivity index (χ2n) is 3.89. The van der Waals surface area contributed by atoms with Gasteiger partial charge in [-0.25, -0.2) is 0 Å². The minimum Gasteiger partial charge on any atom is -0.491 e. The zero-order valence-corrected chi connectivity index (χ0v) is 9.12. The van der Waals surface area contributed by atoms with Crippen LogP contribution in [0.4, 0.5) is 0 Å². The number of hydrogen-bond donors (Lipinski definition) is 1. The van der Waals surface area contributed by atoms with E-state index in [4.69, 9.17) is 4.74 Å². The minimum atomic E-state index is 0.324. The first kappa shape index (κ1) is 10.2. The maximum Gasteiger partial charge on any atom is 0.124 e. The summed E-state index contributed by atoms with van der Waals surface area (Å²) < 4.78 is 5.58. The summed E-state index contributed by atoms with van der Waals surface area (Å²) >= 11 is 0. The van der Waals surface area contributed by atoms with Crippen molar-refractivity contribution in [2.75, 3.05) is 13.2 Å². The summed E-state index contributed by atoms with van der Waals surface area (Å²) in [7, 11) is 0. The molecule has 2 heteroatoms. The van der Waals surface area contributed by atoms with Gasteiger partial charge in [-0.05, 0) is 12.5 Å². The number of ether oxygens (including phenoxy) is 1. The molecule has 1 N–H and O–H groups in total. The first-order valence-electron chi connectivity index (χ1n) is 5.43. The van der Waals surface area contributed by atoms with Crippen molar-refractivity contribution in [2.45, 2.75) is 19.4 Å². The maximum absolute atomic E-state index is 5.58. The molecule has 1 aromatic rings. The monoisotopic (exact) mass is 203 g/mol. The van der Waals surface area contributed by atoms with Gasteiger partial charge in [0.2, 0.25) is 0 Å². The summed E-state index contributed by atoms with van der Waals surface area (Å²) in [5.74, 6) is 1.01. The van der Waals surface area contributed by atoms with Crippen LogP contribution < -0.4 is 10.1 Å². The Hall–Kier alpha value is -1.28. The lowest BCUT2D eigenvalue weighted by Gasteiger charge is -2.12. The summed E-state index contributed by atoms with van der Waals surface area (Å²) in [6.07, 6.45) is 1.03. The highest BCUT2D eigenvalue weighted by atomic mass is 16.5. The fourth-order valence-corrected chi connectivity index (χ4v) is 1.72. The molecule has 0 fully saturated rings. The Balaban J connectivity index is 1.99. The quantitative estimate of drug-likeness (QED) is 0.760. The molecule has 0 aromatic heterocycles. The van der Waals surface area contributed by atoms with E-state index in [1.54, 1.807) is 0 Å². The molecule has 0 aliphatic carbocycles. The molecule has 1 aliphatic heterocycles. The van der Waals surface area contributed by atoms with Crippen LogP contribution in [0.3, 0.4) is 0 Å². The highest BCUT2D eigenvalue weighted by Crippen LogP contribution is 2.31. The molecule has 0 spiro atoms. The smallest absolute Gasteiger partial charge is 0.124 e. The molecule has 1 atom stereocenters. The van der Waals surface area contributed by atoms with Gasteiger partial charge >= 0.3 is 0 Å². The number of nitrogens with one attached hydrogen (secondary N) is 1. The fraction of sp³-hybridized carbons (Fsp3) is 0.385. The molecule has 1 aromatic carbocycles. The van der Waals surface area contributed by atoms with E-state index in [1.807, 2.05) is 12.1 Å². The SMILES string of the molecule is C=C(CC)CNC1COc2ccccc21. The third-order valence-corrected chi connectivity index (χ3v) is 2.80. The molecule has 0 saturated heterocycles.